The van der Waals surface area contributed by atoms with Gasteiger partial charge >= 0.3 is 0 Å². The molecule has 0 aromatic heterocycles. The zero-order valence-electron chi connectivity index (χ0n) is 18.4. The molecule has 5 N–H and O–H groups in total. The van der Waals surface area contributed by atoms with E-state index >= 15 is 0 Å². The fourth-order valence-electron chi connectivity index (χ4n) is 2.83. The summed E-state index contributed by atoms with van der Waals surface area (Å²) in [6.45, 7) is 9.04. The summed E-state index contributed by atoms with van der Waals surface area (Å²) in [4.78, 5) is 12.7. The topological polar surface area (TPSA) is 117 Å². The van der Waals surface area contributed by atoms with Crippen LogP contribution in [0, 0.1) is 11.2 Å². The van der Waals surface area contributed by atoms with E-state index in [0.29, 0.717) is 22.1 Å². The molecule has 10 heteroatoms. The van der Waals surface area contributed by atoms with Crippen molar-refractivity contribution in [3.8, 4) is 11.7 Å². The third-order valence-corrected chi connectivity index (χ3v) is 6.46. The van der Waals surface area contributed by atoms with E-state index in [4.69, 9.17) is 20.9 Å². The van der Waals surface area contributed by atoms with Gasteiger partial charge in [-0.1, -0.05) is 43.5 Å². The van der Waals surface area contributed by atoms with E-state index in [0.717, 1.165) is 31.3 Å². The number of para-hydroxylation sites is 1. The van der Waals surface area contributed by atoms with Crippen LogP contribution in [0.2, 0.25) is 12.6 Å². The first-order chi connectivity index (χ1) is 16.0. The second kappa shape index (κ2) is 14.2. The van der Waals surface area contributed by atoms with Gasteiger partial charge in [-0.15, -0.1) is 11.8 Å². The van der Waals surface area contributed by atoms with E-state index in [1.165, 1.54) is 24.0 Å². The predicted molar refractivity (Wildman–Crippen MR) is 140 cm³/mol. The van der Waals surface area contributed by atoms with Gasteiger partial charge in [-0.2, -0.15) is 0 Å². The second-order valence-corrected chi connectivity index (χ2v) is 8.98. The zero-order valence-corrected chi connectivity index (χ0v) is 20.0. The van der Waals surface area contributed by atoms with Gasteiger partial charge in [-0.25, -0.2) is 9.57 Å². The zero-order chi connectivity index (χ0) is 24.1. The van der Waals surface area contributed by atoms with Gasteiger partial charge in [-0.3, -0.25) is 4.79 Å². The molecule has 1 aromatic carbocycles. The van der Waals surface area contributed by atoms with E-state index < -0.39 is 0 Å². The van der Waals surface area contributed by atoms with E-state index in [1.54, 1.807) is 48.6 Å². The highest BCUT2D eigenvalue weighted by molar-refractivity contribution is 8.03. The molecule has 1 aliphatic heterocycles. The molecule has 0 aliphatic carbocycles. The Morgan fingerprint density at radius 2 is 1.97 bits per heavy atom. The average molecular weight is 481 g/mol. The van der Waals surface area contributed by atoms with Gasteiger partial charge in [0.25, 0.3) is 12.6 Å². The number of amides is 1. The van der Waals surface area contributed by atoms with Crippen molar-refractivity contribution < 1.29 is 8.98 Å². The molecule has 7 nitrogen and oxygen atoms in total. The lowest BCUT2D eigenvalue weighted by atomic mass is 9.45. The minimum absolute atomic E-state index is 0.101. The first-order valence-corrected chi connectivity index (χ1v) is 12.0. The van der Waals surface area contributed by atoms with E-state index in [2.05, 4.69) is 24.4 Å². The van der Waals surface area contributed by atoms with Crippen molar-refractivity contribution in [2.24, 2.45) is 11.5 Å². The van der Waals surface area contributed by atoms with Crippen LogP contribution in [0.5, 0.6) is 5.75 Å². The van der Waals surface area contributed by atoms with Gasteiger partial charge in [0.1, 0.15) is 18.0 Å². The lowest BCUT2D eigenvalue weighted by Crippen LogP contribution is -2.32. The Morgan fingerprint density at radius 1 is 1.24 bits per heavy atom. The second-order valence-electron chi connectivity index (χ2n) is 7.10. The Morgan fingerprint density at radius 3 is 2.64 bits per heavy atom. The molecule has 2 rings (SSSR count). The number of nitrogens with zero attached hydrogens (tertiary/aromatic N) is 2. The Labute approximate surface area is 204 Å². The number of hydrogen-bond acceptors (Lipinski definition) is 8. The number of hydrogen-bond donors (Lipinski definition) is 3. The third kappa shape index (κ3) is 9.18. The standard InChI is InChI=1S/C23H28BN5O2S2/c1-3-7-18(4-2)16-32-22(27)11-10-21(26)28-23(30)19-8-5-6-9-20(19)31-33-29-14-12-24(17-25)13-15-29/h3-11H,1-2,12-16,26-27H2,(H,28,30)/b18-7+,21-10+,22-11+. The molecular weight excluding hydrogens is 453 g/mol. The quantitative estimate of drug-likeness (QED) is 0.189. The van der Waals surface area contributed by atoms with Crippen LogP contribution in [0.3, 0.4) is 0 Å². The molecule has 0 saturated carbocycles. The molecule has 0 unspecified atom stereocenters. The molecular formula is C23H28BN5O2S2. The largest absolute Gasteiger partial charge is 0.409 e. The number of benzene rings is 1. The summed E-state index contributed by atoms with van der Waals surface area (Å²) in [5, 5.41) is 12.2. The number of carbonyl (C=O) groups is 1. The maximum Gasteiger partial charge on any atom is 0.270 e. The van der Waals surface area contributed by atoms with Crippen molar-refractivity contribution in [2.45, 2.75) is 12.6 Å². The van der Waals surface area contributed by atoms with E-state index in [9.17, 15) is 4.79 Å². The summed E-state index contributed by atoms with van der Waals surface area (Å²) in [6, 6.07) is 6.95. The van der Waals surface area contributed by atoms with Crippen molar-refractivity contribution >= 4 is 36.6 Å². The minimum atomic E-state index is -0.384. The van der Waals surface area contributed by atoms with Crippen LogP contribution >= 0.6 is 24.0 Å². The summed E-state index contributed by atoms with van der Waals surface area (Å²) in [5.41, 5.74) is 13.3. The molecule has 0 spiro atoms. The Kier molecular flexibility index (Phi) is 11.3. The van der Waals surface area contributed by atoms with Crippen LogP contribution in [-0.2, 0) is 0 Å². The lowest BCUT2D eigenvalue weighted by Gasteiger charge is -2.25. The van der Waals surface area contributed by atoms with Crippen LogP contribution in [0.4, 0.5) is 0 Å². The Bertz CT molecular complexity index is 979. The normalized spacial score (nSPS) is 15.5. The number of allylic oxidation sites excluding steroid dienone is 5. The van der Waals surface area contributed by atoms with Crippen molar-refractivity contribution in [1.82, 2.24) is 9.62 Å². The molecule has 0 radical (unpaired) electrons. The van der Waals surface area contributed by atoms with Crippen LogP contribution in [0.25, 0.3) is 0 Å². The van der Waals surface area contributed by atoms with Gasteiger partial charge in [-0.05, 0) is 42.5 Å². The van der Waals surface area contributed by atoms with Gasteiger partial charge < -0.3 is 21.0 Å². The summed E-state index contributed by atoms with van der Waals surface area (Å²) in [6.07, 6.45) is 10.1. The smallest absolute Gasteiger partial charge is 0.270 e. The SMILES string of the molecule is C=C/C=C(\C=C)CS/C(N)=C/C=C(\N)NC(=O)c1ccccc1OSN1CCB(C#N)CC1. The fraction of sp³-hybridized carbons (Fsp3) is 0.217. The maximum absolute atomic E-state index is 12.7. The Hall–Kier alpha value is -3.00. The molecule has 1 aromatic rings. The van der Waals surface area contributed by atoms with E-state index in [1.807, 2.05) is 10.4 Å². The molecule has 33 heavy (non-hydrogen) atoms. The first-order valence-electron chi connectivity index (χ1n) is 10.4. The van der Waals surface area contributed by atoms with Crippen molar-refractivity contribution in [2.75, 3.05) is 18.8 Å². The molecule has 0 bridgehead atoms. The molecule has 1 fully saturated rings. The van der Waals surface area contributed by atoms with Crippen molar-refractivity contribution in [3.63, 3.8) is 0 Å². The van der Waals surface area contributed by atoms with Crippen molar-refractivity contribution in [3.05, 3.63) is 89.8 Å². The molecule has 1 aliphatic rings. The van der Waals surface area contributed by atoms with Gasteiger partial charge in [0, 0.05) is 24.8 Å². The molecule has 1 heterocycles. The number of nitrogens with two attached hydrogens (primary N) is 2. The predicted octanol–water partition coefficient (Wildman–Crippen LogP) is 3.86. The number of thioether (sulfide) groups is 1. The summed E-state index contributed by atoms with van der Waals surface area (Å²) >= 11 is 2.62. The monoisotopic (exact) mass is 481 g/mol. The van der Waals surface area contributed by atoms with E-state index in [-0.39, 0.29) is 18.4 Å². The number of rotatable bonds is 11. The maximum atomic E-state index is 12.7. The molecule has 1 amide bonds. The minimum Gasteiger partial charge on any atom is -0.409 e. The van der Waals surface area contributed by atoms with Crippen LogP contribution in [0.1, 0.15) is 10.4 Å². The van der Waals surface area contributed by atoms with Crippen molar-refractivity contribution in [1.29, 1.82) is 5.26 Å². The number of carbonyl (C=O) groups excluding carboxylic acids is 1. The van der Waals surface area contributed by atoms with Gasteiger partial charge in [0.05, 0.1) is 10.6 Å². The summed E-state index contributed by atoms with van der Waals surface area (Å²) < 4.78 is 7.86. The number of nitrogens with one attached hydrogen (secondary N) is 1. The average Bonchev–Trinajstić information content (AvgIpc) is 2.84. The van der Waals surface area contributed by atoms with Crippen LogP contribution in [0.15, 0.2) is 84.2 Å². The molecule has 172 valence electrons. The fourth-order valence-corrected chi connectivity index (χ4v) is 4.24. The number of nitriles is 1. The third-order valence-electron chi connectivity index (χ3n) is 4.69. The Balaban J connectivity index is 1.92. The summed E-state index contributed by atoms with van der Waals surface area (Å²) in [5.74, 6) is 3.17. The van der Waals surface area contributed by atoms with Crippen LogP contribution < -0.4 is 21.0 Å². The summed E-state index contributed by atoms with van der Waals surface area (Å²) in [7, 11) is 0. The van der Waals surface area contributed by atoms with Crippen LogP contribution in [-0.4, -0.2) is 35.8 Å². The molecule has 1 saturated heterocycles. The highest BCUT2D eigenvalue weighted by atomic mass is 32.2. The highest BCUT2D eigenvalue weighted by Crippen LogP contribution is 2.26. The van der Waals surface area contributed by atoms with Gasteiger partial charge in [0.15, 0.2) is 5.75 Å². The first kappa shape index (κ1) is 26.3. The van der Waals surface area contributed by atoms with Gasteiger partial charge in [0.2, 0.25) is 0 Å². The lowest BCUT2D eigenvalue weighted by molar-refractivity contribution is 0.0964. The highest BCUT2D eigenvalue weighted by Gasteiger charge is 2.24. The molecule has 0 atom stereocenters.